The molecule has 2 rings (SSSR count). The number of H-pyrrole nitrogens is 1. The molecule has 0 saturated heterocycles. The maximum absolute atomic E-state index is 12.2. The second-order valence-corrected chi connectivity index (χ2v) is 6.12. The summed E-state index contributed by atoms with van der Waals surface area (Å²) in [6.07, 6.45) is 0. The van der Waals surface area contributed by atoms with Crippen molar-refractivity contribution in [3.8, 4) is 0 Å². The number of para-hydroxylation sites is 1. The SMILES string of the molecule is CCS(=O)CCn1c(=S)[nH]c2ccccc2c1=O. The highest BCUT2D eigenvalue weighted by atomic mass is 32.2. The van der Waals surface area contributed by atoms with Gasteiger partial charge in [0.1, 0.15) is 0 Å². The highest BCUT2D eigenvalue weighted by molar-refractivity contribution is 7.84. The second kappa shape index (κ2) is 5.58. The van der Waals surface area contributed by atoms with Crippen molar-refractivity contribution in [2.45, 2.75) is 13.5 Å². The standard InChI is InChI=1S/C12H14N2O2S2/c1-2-18(16)8-7-14-11(15)9-5-3-4-6-10(9)13-12(14)17/h3-6H,2,7-8H2,1H3,(H,13,17). The Labute approximate surface area is 112 Å². The zero-order chi connectivity index (χ0) is 13.1. The molecule has 1 atom stereocenters. The zero-order valence-electron chi connectivity index (χ0n) is 10.0. The predicted octanol–water partition coefficient (Wildman–Crippen LogP) is 1.83. The molecule has 0 aliphatic heterocycles. The first-order valence-electron chi connectivity index (χ1n) is 5.70. The van der Waals surface area contributed by atoms with Gasteiger partial charge < -0.3 is 4.98 Å². The highest BCUT2D eigenvalue weighted by Gasteiger charge is 2.06. The Morgan fingerprint density at radius 1 is 1.39 bits per heavy atom. The van der Waals surface area contributed by atoms with Gasteiger partial charge in [0, 0.05) is 28.9 Å². The van der Waals surface area contributed by atoms with Crippen LogP contribution >= 0.6 is 12.2 Å². The van der Waals surface area contributed by atoms with Crippen molar-refractivity contribution in [3.63, 3.8) is 0 Å². The lowest BCUT2D eigenvalue weighted by Gasteiger charge is -2.07. The molecule has 1 aromatic heterocycles. The quantitative estimate of drug-likeness (QED) is 0.870. The van der Waals surface area contributed by atoms with Crippen LogP contribution < -0.4 is 5.56 Å². The summed E-state index contributed by atoms with van der Waals surface area (Å²) >= 11 is 5.16. The molecule has 0 amide bonds. The summed E-state index contributed by atoms with van der Waals surface area (Å²) in [4.78, 5) is 15.2. The van der Waals surface area contributed by atoms with E-state index < -0.39 is 10.8 Å². The summed E-state index contributed by atoms with van der Waals surface area (Å²) < 4.78 is 13.3. The van der Waals surface area contributed by atoms with E-state index >= 15 is 0 Å². The topological polar surface area (TPSA) is 54.9 Å². The van der Waals surface area contributed by atoms with Crippen LogP contribution in [-0.2, 0) is 17.3 Å². The molecule has 1 aromatic carbocycles. The fourth-order valence-electron chi connectivity index (χ4n) is 1.74. The van der Waals surface area contributed by atoms with Crippen LogP contribution in [0.5, 0.6) is 0 Å². The van der Waals surface area contributed by atoms with Crippen LogP contribution in [-0.4, -0.2) is 25.3 Å². The van der Waals surface area contributed by atoms with Gasteiger partial charge in [-0.25, -0.2) is 0 Å². The Balaban J connectivity index is 2.48. The number of nitrogens with zero attached hydrogens (tertiary/aromatic N) is 1. The van der Waals surface area contributed by atoms with Crippen LogP contribution in [0.2, 0.25) is 0 Å². The van der Waals surface area contributed by atoms with E-state index in [1.807, 2.05) is 25.1 Å². The lowest BCUT2D eigenvalue weighted by atomic mass is 10.2. The molecule has 1 N–H and O–H groups in total. The Kier molecular flexibility index (Phi) is 4.08. The van der Waals surface area contributed by atoms with Crippen LogP contribution in [0.15, 0.2) is 29.1 Å². The maximum atomic E-state index is 12.2. The van der Waals surface area contributed by atoms with Gasteiger partial charge in [0.2, 0.25) is 0 Å². The van der Waals surface area contributed by atoms with Gasteiger partial charge in [-0.1, -0.05) is 19.1 Å². The fourth-order valence-corrected chi connectivity index (χ4v) is 2.70. The normalized spacial score (nSPS) is 12.7. The molecule has 18 heavy (non-hydrogen) atoms. The van der Waals surface area contributed by atoms with E-state index in [-0.39, 0.29) is 5.56 Å². The molecule has 0 aliphatic carbocycles. The van der Waals surface area contributed by atoms with Crippen molar-refractivity contribution in [3.05, 3.63) is 39.4 Å². The third-order valence-electron chi connectivity index (χ3n) is 2.75. The van der Waals surface area contributed by atoms with Crippen molar-refractivity contribution in [1.82, 2.24) is 9.55 Å². The fraction of sp³-hybridized carbons (Fsp3) is 0.333. The number of aromatic nitrogens is 2. The molecule has 1 heterocycles. The van der Waals surface area contributed by atoms with Gasteiger partial charge in [-0.05, 0) is 24.4 Å². The molecule has 0 bridgehead atoms. The molecular formula is C12H14N2O2S2. The van der Waals surface area contributed by atoms with Gasteiger partial charge in [-0.3, -0.25) is 13.6 Å². The Hall–Kier alpha value is -1.27. The average Bonchev–Trinajstić information content (AvgIpc) is 2.38. The number of hydrogen-bond donors (Lipinski definition) is 1. The van der Waals surface area contributed by atoms with Gasteiger partial charge in [0.05, 0.1) is 10.9 Å². The number of aromatic amines is 1. The van der Waals surface area contributed by atoms with E-state index in [4.69, 9.17) is 12.2 Å². The summed E-state index contributed by atoms with van der Waals surface area (Å²) in [5.74, 6) is 1.05. The third-order valence-corrected chi connectivity index (χ3v) is 4.36. The lowest BCUT2D eigenvalue weighted by Crippen LogP contribution is -2.24. The predicted molar refractivity (Wildman–Crippen MR) is 76.9 cm³/mol. The van der Waals surface area contributed by atoms with Crippen LogP contribution in [0.4, 0.5) is 0 Å². The molecule has 4 nitrogen and oxygen atoms in total. The van der Waals surface area contributed by atoms with Gasteiger partial charge in [-0.15, -0.1) is 0 Å². The minimum Gasteiger partial charge on any atom is -0.332 e. The average molecular weight is 282 g/mol. The van der Waals surface area contributed by atoms with Crippen LogP contribution in [0.1, 0.15) is 6.92 Å². The summed E-state index contributed by atoms with van der Waals surface area (Å²) in [5, 5.41) is 0.605. The van der Waals surface area contributed by atoms with E-state index in [2.05, 4.69) is 4.98 Å². The number of rotatable bonds is 4. The summed E-state index contributed by atoms with van der Waals surface area (Å²) in [6.45, 7) is 2.25. The monoisotopic (exact) mass is 282 g/mol. The van der Waals surface area contributed by atoms with Gasteiger partial charge >= 0.3 is 0 Å². The van der Waals surface area contributed by atoms with Crippen molar-refractivity contribution >= 4 is 33.9 Å². The Bertz CT molecular complexity index is 703. The van der Waals surface area contributed by atoms with Crippen molar-refractivity contribution < 1.29 is 4.21 Å². The molecule has 6 heteroatoms. The second-order valence-electron chi connectivity index (χ2n) is 3.87. The first-order valence-corrected chi connectivity index (χ1v) is 7.60. The number of benzene rings is 1. The van der Waals surface area contributed by atoms with Gasteiger partial charge in [0.25, 0.3) is 5.56 Å². The maximum Gasteiger partial charge on any atom is 0.262 e. The van der Waals surface area contributed by atoms with Crippen LogP contribution in [0, 0.1) is 4.77 Å². The minimum atomic E-state index is -0.898. The van der Waals surface area contributed by atoms with Gasteiger partial charge in [0.15, 0.2) is 4.77 Å². The lowest BCUT2D eigenvalue weighted by molar-refractivity contribution is 0.665. The number of fused-ring (bicyclic) bond motifs is 1. The molecular weight excluding hydrogens is 268 g/mol. The van der Waals surface area contributed by atoms with Crippen molar-refractivity contribution in [2.75, 3.05) is 11.5 Å². The molecule has 2 aromatic rings. The minimum absolute atomic E-state index is 0.123. The summed E-state index contributed by atoms with van der Waals surface area (Å²) in [5.41, 5.74) is 0.614. The van der Waals surface area contributed by atoms with E-state index in [9.17, 15) is 9.00 Å². The molecule has 0 fully saturated rings. The van der Waals surface area contributed by atoms with Crippen LogP contribution in [0.3, 0.4) is 0 Å². The molecule has 0 aliphatic rings. The number of hydrogen-bond acceptors (Lipinski definition) is 3. The molecule has 96 valence electrons. The first-order chi connectivity index (χ1) is 8.63. The molecule has 0 spiro atoms. The largest absolute Gasteiger partial charge is 0.332 e. The molecule has 0 radical (unpaired) electrons. The first kappa shape index (κ1) is 13.2. The molecule has 0 saturated carbocycles. The highest BCUT2D eigenvalue weighted by Crippen LogP contribution is 2.05. The van der Waals surface area contributed by atoms with E-state index in [0.717, 1.165) is 5.52 Å². The smallest absolute Gasteiger partial charge is 0.262 e. The van der Waals surface area contributed by atoms with Crippen molar-refractivity contribution in [2.24, 2.45) is 0 Å². The summed E-state index contributed by atoms with van der Waals surface area (Å²) in [6, 6.07) is 7.25. The van der Waals surface area contributed by atoms with E-state index in [1.54, 1.807) is 6.07 Å². The number of nitrogens with one attached hydrogen (secondary N) is 1. The Morgan fingerprint density at radius 2 is 2.11 bits per heavy atom. The third kappa shape index (κ3) is 2.59. The van der Waals surface area contributed by atoms with E-state index in [1.165, 1.54) is 4.57 Å². The Morgan fingerprint density at radius 3 is 2.83 bits per heavy atom. The summed E-state index contributed by atoms with van der Waals surface area (Å²) in [7, 11) is -0.898. The van der Waals surface area contributed by atoms with Crippen LogP contribution in [0.25, 0.3) is 10.9 Å². The van der Waals surface area contributed by atoms with E-state index in [0.29, 0.717) is 28.2 Å². The van der Waals surface area contributed by atoms with Gasteiger partial charge in [-0.2, -0.15) is 0 Å². The molecule has 1 unspecified atom stereocenters. The van der Waals surface area contributed by atoms with Crippen molar-refractivity contribution in [1.29, 1.82) is 0 Å². The zero-order valence-corrected chi connectivity index (χ0v) is 11.6.